The summed E-state index contributed by atoms with van der Waals surface area (Å²) in [7, 11) is 0. The maximum atomic E-state index is 5.87. The summed E-state index contributed by atoms with van der Waals surface area (Å²) in [6, 6.07) is 15.3. The molecule has 0 bridgehead atoms. The van der Waals surface area contributed by atoms with Gasteiger partial charge in [0.1, 0.15) is 5.75 Å². The minimum Gasteiger partial charge on any atom is -0.436 e. The number of anilines is 1. The smallest absolute Gasteiger partial charge is 0.263 e. The predicted molar refractivity (Wildman–Crippen MR) is 75.2 cm³/mol. The lowest BCUT2D eigenvalue weighted by molar-refractivity contribution is 0.465. The van der Waals surface area contributed by atoms with Crippen molar-refractivity contribution < 1.29 is 4.74 Å². The van der Waals surface area contributed by atoms with Crippen LogP contribution in [0.15, 0.2) is 48.5 Å². The Morgan fingerprint density at radius 2 is 1.68 bits per heavy atom. The van der Waals surface area contributed by atoms with Crippen LogP contribution in [0.25, 0.3) is 11.0 Å². The van der Waals surface area contributed by atoms with Gasteiger partial charge in [0.15, 0.2) is 5.82 Å². The Morgan fingerprint density at radius 3 is 2.42 bits per heavy atom. The zero-order valence-corrected chi connectivity index (χ0v) is 10.5. The van der Waals surface area contributed by atoms with Gasteiger partial charge in [0.05, 0.1) is 11.0 Å². The van der Waals surface area contributed by atoms with E-state index in [1.54, 1.807) is 0 Å². The van der Waals surface area contributed by atoms with Gasteiger partial charge in [0, 0.05) is 0 Å². The molecule has 2 N–H and O–H groups in total. The summed E-state index contributed by atoms with van der Waals surface area (Å²) in [6.45, 7) is 2.00. The van der Waals surface area contributed by atoms with Crippen molar-refractivity contribution >= 4 is 16.9 Å². The number of nitrogens with two attached hydrogens (primary N) is 1. The average molecular weight is 251 g/mol. The lowest BCUT2D eigenvalue weighted by atomic mass is 10.2. The molecule has 3 rings (SSSR count). The van der Waals surface area contributed by atoms with E-state index in [2.05, 4.69) is 9.97 Å². The number of rotatable bonds is 2. The van der Waals surface area contributed by atoms with Gasteiger partial charge in [-0.25, -0.2) is 9.97 Å². The minimum atomic E-state index is 0.292. The number of benzene rings is 2. The number of fused-ring (bicyclic) bond motifs is 1. The van der Waals surface area contributed by atoms with Crippen molar-refractivity contribution in [3.05, 3.63) is 54.1 Å². The second-order valence-electron chi connectivity index (χ2n) is 4.32. The molecular weight excluding hydrogens is 238 g/mol. The van der Waals surface area contributed by atoms with E-state index in [1.165, 1.54) is 0 Å². The molecule has 0 spiro atoms. The van der Waals surface area contributed by atoms with Crippen LogP contribution in [0.5, 0.6) is 11.6 Å². The Kier molecular flexibility index (Phi) is 2.76. The third-order valence-corrected chi connectivity index (χ3v) is 2.77. The Bertz CT molecular complexity index is 740. The second kappa shape index (κ2) is 4.57. The van der Waals surface area contributed by atoms with Gasteiger partial charge in [-0.1, -0.05) is 24.3 Å². The number of nitrogens with zero attached hydrogens (tertiary/aromatic N) is 2. The molecule has 0 saturated heterocycles. The van der Waals surface area contributed by atoms with Crippen molar-refractivity contribution in [2.45, 2.75) is 6.92 Å². The van der Waals surface area contributed by atoms with Crippen LogP contribution in [-0.2, 0) is 0 Å². The molecule has 0 fully saturated rings. The van der Waals surface area contributed by atoms with Gasteiger partial charge in [0.2, 0.25) is 0 Å². The molecule has 0 aliphatic rings. The van der Waals surface area contributed by atoms with Gasteiger partial charge >= 0.3 is 0 Å². The lowest BCUT2D eigenvalue weighted by Crippen LogP contribution is -1.99. The molecule has 3 aromatic rings. The first-order valence-electron chi connectivity index (χ1n) is 5.99. The zero-order valence-electron chi connectivity index (χ0n) is 10.5. The summed E-state index contributed by atoms with van der Waals surface area (Å²) in [4.78, 5) is 8.67. The van der Waals surface area contributed by atoms with Crippen LogP contribution in [0.2, 0.25) is 0 Å². The molecule has 0 saturated carbocycles. The van der Waals surface area contributed by atoms with E-state index in [1.807, 2.05) is 55.5 Å². The van der Waals surface area contributed by atoms with Gasteiger partial charge in [0.25, 0.3) is 5.88 Å². The highest BCUT2D eigenvalue weighted by atomic mass is 16.5. The molecule has 1 heterocycles. The highest BCUT2D eigenvalue weighted by Gasteiger charge is 2.08. The molecule has 4 nitrogen and oxygen atoms in total. The van der Waals surface area contributed by atoms with E-state index >= 15 is 0 Å². The predicted octanol–water partition coefficient (Wildman–Crippen LogP) is 3.31. The molecule has 1 aromatic heterocycles. The van der Waals surface area contributed by atoms with Crippen molar-refractivity contribution in [2.24, 2.45) is 0 Å². The maximum Gasteiger partial charge on any atom is 0.263 e. The lowest BCUT2D eigenvalue weighted by Gasteiger charge is -2.08. The fraction of sp³-hybridized carbons (Fsp3) is 0.0667. The first-order valence-corrected chi connectivity index (χ1v) is 5.99. The molecule has 2 aromatic carbocycles. The summed E-state index contributed by atoms with van der Waals surface area (Å²) >= 11 is 0. The maximum absolute atomic E-state index is 5.87. The number of ether oxygens (including phenoxy) is 1. The Morgan fingerprint density at radius 1 is 0.947 bits per heavy atom. The first kappa shape index (κ1) is 11.5. The van der Waals surface area contributed by atoms with Crippen molar-refractivity contribution in [3.63, 3.8) is 0 Å². The molecule has 0 aliphatic carbocycles. The van der Waals surface area contributed by atoms with E-state index in [-0.39, 0.29) is 0 Å². The van der Waals surface area contributed by atoms with Crippen LogP contribution in [0.1, 0.15) is 5.56 Å². The number of hydrogen-bond acceptors (Lipinski definition) is 4. The topological polar surface area (TPSA) is 61.0 Å². The van der Waals surface area contributed by atoms with Crippen molar-refractivity contribution in [3.8, 4) is 11.6 Å². The van der Waals surface area contributed by atoms with Gasteiger partial charge in [-0.05, 0) is 36.8 Å². The normalized spacial score (nSPS) is 10.6. The quantitative estimate of drug-likeness (QED) is 0.759. The van der Waals surface area contributed by atoms with Crippen LogP contribution in [-0.4, -0.2) is 9.97 Å². The summed E-state index contributed by atoms with van der Waals surface area (Å²) in [5, 5.41) is 0. The SMILES string of the molecule is Cc1cccc(Oc2nc3ccccc3nc2N)c1. The number of para-hydroxylation sites is 2. The van der Waals surface area contributed by atoms with Crippen LogP contribution in [0, 0.1) is 6.92 Å². The van der Waals surface area contributed by atoms with Gasteiger partial charge in [-0.2, -0.15) is 0 Å². The van der Waals surface area contributed by atoms with Crippen LogP contribution >= 0.6 is 0 Å². The van der Waals surface area contributed by atoms with Crippen molar-refractivity contribution in [2.75, 3.05) is 5.73 Å². The highest BCUT2D eigenvalue weighted by Crippen LogP contribution is 2.26. The molecule has 19 heavy (non-hydrogen) atoms. The van der Waals surface area contributed by atoms with Crippen LogP contribution in [0.4, 0.5) is 5.82 Å². The minimum absolute atomic E-state index is 0.292. The highest BCUT2D eigenvalue weighted by molar-refractivity contribution is 5.76. The largest absolute Gasteiger partial charge is 0.436 e. The molecule has 4 heteroatoms. The molecule has 0 radical (unpaired) electrons. The van der Waals surface area contributed by atoms with Crippen molar-refractivity contribution in [1.29, 1.82) is 0 Å². The van der Waals surface area contributed by atoms with Gasteiger partial charge in [-0.15, -0.1) is 0 Å². The van der Waals surface area contributed by atoms with Gasteiger partial charge in [-0.3, -0.25) is 0 Å². The summed E-state index contributed by atoms with van der Waals surface area (Å²) in [5.41, 5.74) is 8.51. The third-order valence-electron chi connectivity index (χ3n) is 2.77. The van der Waals surface area contributed by atoms with E-state index < -0.39 is 0 Å². The third kappa shape index (κ3) is 2.33. The number of aromatic nitrogens is 2. The number of aryl methyl sites for hydroxylation is 1. The fourth-order valence-corrected chi connectivity index (χ4v) is 1.86. The van der Waals surface area contributed by atoms with Gasteiger partial charge < -0.3 is 10.5 Å². The summed E-state index contributed by atoms with van der Waals surface area (Å²) in [6.07, 6.45) is 0. The number of nitrogen functional groups attached to an aromatic ring is 1. The summed E-state index contributed by atoms with van der Waals surface area (Å²) < 4.78 is 5.70. The van der Waals surface area contributed by atoms with E-state index in [9.17, 15) is 0 Å². The molecular formula is C15H13N3O. The summed E-state index contributed by atoms with van der Waals surface area (Å²) in [5.74, 6) is 1.33. The van der Waals surface area contributed by atoms with E-state index in [4.69, 9.17) is 10.5 Å². The van der Waals surface area contributed by atoms with Crippen molar-refractivity contribution in [1.82, 2.24) is 9.97 Å². The first-order chi connectivity index (χ1) is 9.22. The zero-order chi connectivity index (χ0) is 13.2. The van der Waals surface area contributed by atoms with E-state index in [0.29, 0.717) is 17.4 Å². The average Bonchev–Trinajstić information content (AvgIpc) is 2.40. The Hall–Kier alpha value is -2.62. The molecule has 0 amide bonds. The second-order valence-corrected chi connectivity index (χ2v) is 4.32. The van der Waals surface area contributed by atoms with Crippen LogP contribution in [0.3, 0.4) is 0 Å². The molecule has 0 aliphatic heterocycles. The number of hydrogen-bond donors (Lipinski definition) is 1. The Balaban J connectivity index is 2.03. The molecule has 94 valence electrons. The standard InChI is InChI=1S/C15H13N3O/c1-10-5-4-6-11(9-10)19-15-14(16)17-12-7-2-3-8-13(12)18-15/h2-9H,1H3,(H2,16,17). The molecule has 0 atom stereocenters. The Labute approximate surface area is 110 Å². The monoisotopic (exact) mass is 251 g/mol. The van der Waals surface area contributed by atoms with Crippen LogP contribution < -0.4 is 10.5 Å². The molecule has 0 unspecified atom stereocenters. The fourth-order valence-electron chi connectivity index (χ4n) is 1.86. The van der Waals surface area contributed by atoms with E-state index in [0.717, 1.165) is 16.6 Å².